The van der Waals surface area contributed by atoms with Crippen molar-refractivity contribution in [3.63, 3.8) is 0 Å². The van der Waals surface area contributed by atoms with Crippen LogP contribution < -0.4 is 5.73 Å². The van der Waals surface area contributed by atoms with E-state index in [4.69, 9.17) is 10.5 Å². The Hall–Kier alpha value is -0.610. The van der Waals surface area contributed by atoms with Gasteiger partial charge in [0, 0.05) is 32.7 Å². The molecule has 0 spiro atoms. The van der Waals surface area contributed by atoms with E-state index in [1.165, 1.54) is 12.8 Å². The van der Waals surface area contributed by atoms with Gasteiger partial charge in [-0.25, -0.2) is 0 Å². The third-order valence-electron chi connectivity index (χ3n) is 2.86. The standard InChI is InChI=1S/C12H24N2O2/c1-10(13)3-6-12(15)14(2)7-8-16-9-11-4-5-11/h10-11H,3-9,13H2,1-2H3. The van der Waals surface area contributed by atoms with Gasteiger partial charge in [-0.3, -0.25) is 4.79 Å². The van der Waals surface area contributed by atoms with Crippen LogP contribution in [0.1, 0.15) is 32.6 Å². The Bertz CT molecular complexity index is 215. The molecule has 1 amide bonds. The molecule has 1 aliphatic carbocycles. The predicted molar refractivity (Wildman–Crippen MR) is 64.1 cm³/mol. The molecule has 1 unspecified atom stereocenters. The fourth-order valence-electron chi connectivity index (χ4n) is 1.40. The highest BCUT2D eigenvalue weighted by Crippen LogP contribution is 2.28. The summed E-state index contributed by atoms with van der Waals surface area (Å²) < 4.78 is 5.49. The number of amides is 1. The fourth-order valence-corrected chi connectivity index (χ4v) is 1.40. The molecule has 1 rings (SSSR count). The van der Waals surface area contributed by atoms with Crippen molar-refractivity contribution in [2.75, 3.05) is 26.8 Å². The zero-order valence-corrected chi connectivity index (χ0v) is 10.4. The first-order valence-electron chi connectivity index (χ1n) is 6.17. The van der Waals surface area contributed by atoms with Gasteiger partial charge in [-0.15, -0.1) is 0 Å². The van der Waals surface area contributed by atoms with Crippen LogP contribution in [0.2, 0.25) is 0 Å². The monoisotopic (exact) mass is 228 g/mol. The third-order valence-corrected chi connectivity index (χ3v) is 2.86. The molecule has 16 heavy (non-hydrogen) atoms. The van der Waals surface area contributed by atoms with Crippen LogP contribution in [0.25, 0.3) is 0 Å². The largest absolute Gasteiger partial charge is 0.379 e. The van der Waals surface area contributed by atoms with Gasteiger partial charge in [0.2, 0.25) is 5.91 Å². The van der Waals surface area contributed by atoms with Crippen molar-refractivity contribution in [1.82, 2.24) is 4.90 Å². The highest BCUT2D eigenvalue weighted by molar-refractivity contribution is 5.75. The average molecular weight is 228 g/mol. The van der Waals surface area contributed by atoms with Crippen molar-refractivity contribution >= 4 is 5.91 Å². The van der Waals surface area contributed by atoms with Crippen LogP contribution in [0.4, 0.5) is 0 Å². The summed E-state index contributed by atoms with van der Waals surface area (Å²) in [6.07, 6.45) is 3.91. The van der Waals surface area contributed by atoms with Crippen molar-refractivity contribution in [3.05, 3.63) is 0 Å². The molecule has 0 aromatic rings. The van der Waals surface area contributed by atoms with E-state index >= 15 is 0 Å². The average Bonchev–Trinajstić information content (AvgIpc) is 3.04. The molecule has 1 fully saturated rings. The van der Waals surface area contributed by atoms with E-state index in [1.54, 1.807) is 4.90 Å². The topological polar surface area (TPSA) is 55.6 Å². The lowest BCUT2D eigenvalue weighted by molar-refractivity contribution is -0.130. The highest BCUT2D eigenvalue weighted by atomic mass is 16.5. The molecule has 0 aromatic heterocycles. The maximum Gasteiger partial charge on any atom is 0.222 e. The molecule has 4 heteroatoms. The summed E-state index contributed by atoms with van der Waals surface area (Å²) in [5.41, 5.74) is 5.61. The summed E-state index contributed by atoms with van der Waals surface area (Å²) in [4.78, 5) is 13.3. The van der Waals surface area contributed by atoms with Gasteiger partial charge in [-0.05, 0) is 32.1 Å². The van der Waals surface area contributed by atoms with Crippen LogP contribution in [-0.4, -0.2) is 43.7 Å². The number of carbonyl (C=O) groups is 1. The lowest BCUT2D eigenvalue weighted by atomic mass is 10.2. The molecular formula is C12H24N2O2. The van der Waals surface area contributed by atoms with E-state index in [9.17, 15) is 4.79 Å². The number of nitrogens with zero attached hydrogens (tertiary/aromatic N) is 1. The van der Waals surface area contributed by atoms with Gasteiger partial charge in [0.25, 0.3) is 0 Å². The molecule has 1 atom stereocenters. The van der Waals surface area contributed by atoms with E-state index in [1.807, 2.05) is 14.0 Å². The second-order valence-corrected chi connectivity index (χ2v) is 4.85. The van der Waals surface area contributed by atoms with Gasteiger partial charge in [-0.1, -0.05) is 0 Å². The molecule has 0 bridgehead atoms. The first kappa shape index (κ1) is 13.5. The number of carbonyl (C=O) groups excluding carboxylic acids is 1. The second-order valence-electron chi connectivity index (χ2n) is 4.85. The van der Waals surface area contributed by atoms with Gasteiger partial charge < -0.3 is 15.4 Å². The Labute approximate surface area is 98.1 Å². The number of hydrogen-bond donors (Lipinski definition) is 1. The molecule has 94 valence electrons. The molecule has 2 N–H and O–H groups in total. The van der Waals surface area contributed by atoms with Crippen molar-refractivity contribution in [2.24, 2.45) is 11.7 Å². The lowest BCUT2D eigenvalue weighted by Gasteiger charge is -2.17. The van der Waals surface area contributed by atoms with Crippen LogP contribution in [0.3, 0.4) is 0 Å². The fraction of sp³-hybridized carbons (Fsp3) is 0.917. The zero-order valence-electron chi connectivity index (χ0n) is 10.4. The quantitative estimate of drug-likeness (QED) is 0.631. The molecule has 0 aromatic carbocycles. The Morgan fingerprint density at radius 2 is 2.25 bits per heavy atom. The second kappa shape index (κ2) is 6.86. The van der Waals surface area contributed by atoms with Crippen molar-refractivity contribution < 1.29 is 9.53 Å². The van der Waals surface area contributed by atoms with Gasteiger partial charge in [-0.2, -0.15) is 0 Å². The molecule has 4 nitrogen and oxygen atoms in total. The lowest BCUT2D eigenvalue weighted by Crippen LogP contribution is -2.31. The van der Waals surface area contributed by atoms with E-state index in [2.05, 4.69) is 0 Å². The van der Waals surface area contributed by atoms with Crippen LogP contribution in [-0.2, 0) is 9.53 Å². The predicted octanol–water partition coefficient (Wildman–Crippen LogP) is 0.999. The number of likely N-dealkylation sites (N-methyl/N-ethyl adjacent to an activating group) is 1. The summed E-state index contributed by atoms with van der Waals surface area (Å²) in [6.45, 7) is 4.12. The van der Waals surface area contributed by atoms with E-state index < -0.39 is 0 Å². The molecule has 0 heterocycles. The SMILES string of the molecule is CC(N)CCC(=O)N(C)CCOCC1CC1. The molecule has 1 saturated carbocycles. The minimum absolute atomic E-state index is 0.100. The third kappa shape index (κ3) is 6.08. The maximum atomic E-state index is 11.6. The first-order valence-corrected chi connectivity index (χ1v) is 6.17. The Balaban J connectivity index is 1.98. The van der Waals surface area contributed by atoms with Gasteiger partial charge in [0.15, 0.2) is 0 Å². The molecule has 0 radical (unpaired) electrons. The summed E-state index contributed by atoms with van der Waals surface area (Å²) in [5, 5.41) is 0. The van der Waals surface area contributed by atoms with Crippen LogP contribution in [0, 0.1) is 5.92 Å². The normalized spacial score (nSPS) is 17.2. The first-order chi connectivity index (χ1) is 7.59. The van der Waals surface area contributed by atoms with Crippen LogP contribution >= 0.6 is 0 Å². The summed E-state index contributed by atoms with van der Waals surface area (Å²) >= 11 is 0. The molecule has 0 saturated heterocycles. The van der Waals surface area contributed by atoms with Crippen LogP contribution in [0.5, 0.6) is 0 Å². The Kier molecular flexibility index (Phi) is 5.77. The van der Waals surface area contributed by atoms with E-state index in [-0.39, 0.29) is 11.9 Å². The molecule has 1 aliphatic rings. The van der Waals surface area contributed by atoms with Crippen LogP contribution in [0.15, 0.2) is 0 Å². The van der Waals surface area contributed by atoms with Gasteiger partial charge in [0.1, 0.15) is 0 Å². The maximum absolute atomic E-state index is 11.6. The van der Waals surface area contributed by atoms with E-state index in [0.29, 0.717) is 19.6 Å². The summed E-state index contributed by atoms with van der Waals surface area (Å²) in [7, 11) is 1.82. The zero-order chi connectivity index (χ0) is 12.0. The number of nitrogens with two attached hydrogens (primary N) is 1. The van der Waals surface area contributed by atoms with Crippen molar-refractivity contribution in [2.45, 2.75) is 38.6 Å². The number of rotatable bonds is 8. The molecular weight excluding hydrogens is 204 g/mol. The number of hydrogen-bond acceptors (Lipinski definition) is 3. The van der Waals surface area contributed by atoms with E-state index in [0.717, 1.165) is 18.9 Å². The Morgan fingerprint density at radius 3 is 2.81 bits per heavy atom. The summed E-state index contributed by atoms with van der Waals surface area (Å²) in [5.74, 6) is 0.950. The molecule has 0 aliphatic heterocycles. The van der Waals surface area contributed by atoms with Crippen molar-refractivity contribution in [3.8, 4) is 0 Å². The minimum atomic E-state index is 0.100. The van der Waals surface area contributed by atoms with Gasteiger partial charge in [0.05, 0.1) is 6.61 Å². The Morgan fingerprint density at radius 1 is 1.56 bits per heavy atom. The number of ether oxygens (including phenoxy) is 1. The summed E-state index contributed by atoms with van der Waals surface area (Å²) in [6, 6.07) is 0.100. The highest BCUT2D eigenvalue weighted by Gasteiger charge is 2.21. The smallest absolute Gasteiger partial charge is 0.222 e. The minimum Gasteiger partial charge on any atom is -0.379 e. The van der Waals surface area contributed by atoms with Gasteiger partial charge >= 0.3 is 0 Å². The van der Waals surface area contributed by atoms with Crippen molar-refractivity contribution in [1.29, 1.82) is 0 Å².